The molecule has 3 N–H and O–H groups in total. The number of halogens is 1. The van der Waals surface area contributed by atoms with Gasteiger partial charge in [-0.15, -0.1) is 11.3 Å². The molecule has 45 heavy (non-hydrogen) atoms. The lowest BCUT2D eigenvalue weighted by molar-refractivity contribution is -0.143. The molecule has 2 fully saturated rings. The lowest BCUT2D eigenvalue weighted by Gasteiger charge is -2.34. The predicted molar refractivity (Wildman–Crippen MR) is 175 cm³/mol. The molecule has 0 radical (unpaired) electrons. The Labute approximate surface area is 271 Å². The Morgan fingerprint density at radius 1 is 0.978 bits per heavy atom. The number of hydrogen-bond acceptors (Lipinski definition) is 7. The second-order valence-corrected chi connectivity index (χ2v) is 14.1. The van der Waals surface area contributed by atoms with E-state index >= 15 is 0 Å². The van der Waals surface area contributed by atoms with Gasteiger partial charge in [0.1, 0.15) is 17.5 Å². The molecular formula is C31H34ClN5O6S2. The Morgan fingerprint density at radius 3 is 2.44 bits per heavy atom. The molecule has 5 rings (SSSR count). The Bertz CT molecular complexity index is 1630. The molecule has 3 aromatic rings. The molecule has 2 saturated heterocycles. The van der Waals surface area contributed by atoms with Crippen molar-refractivity contribution in [3.63, 3.8) is 0 Å². The third-order valence-electron chi connectivity index (χ3n) is 7.46. The van der Waals surface area contributed by atoms with Crippen LogP contribution in [0.4, 0.5) is 10.5 Å². The van der Waals surface area contributed by atoms with Crippen LogP contribution in [0.5, 0.6) is 11.5 Å². The van der Waals surface area contributed by atoms with Crippen molar-refractivity contribution in [1.82, 2.24) is 19.8 Å². The van der Waals surface area contributed by atoms with E-state index in [1.54, 1.807) is 41.3 Å². The van der Waals surface area contributed by atoms with Gasteiger partial charge in [0.15, 0.2) is 0 Å². The summed E-state index contributed by atoms with van der Waals surface area (Å²) in [6.07, 6.45) is 3.82. The molecule has 11 nitrogen and oxygen atoms in total. The van der Waals surface area contributed by atoms with E-state index in [0.29, 0.717) is 52.3 Å². The molecule has 0 saturated carbocycles. The van der Waals surface area contributed by atoms with E-state index in [9.17, 15) is 22.8 Å². The van der Waals surface area contributed by atoms with Gasteiger partial charge < -0.3 is 25.2 Å². The summed E-state index contributed by atoms with van der Waals surface area (Å²) in [6, 6.07) is 18.2. The van der Waals surface area contributed by atoms with Crippen molar-refractivity contribution in [3.8, 4) is 11.5 Å². The monoisotopic (exact) mass is 671 g/mol. The molecule has 2 atom stereocenters. The number of para-hydroxylation sites is 1. The van der Waals surface area contributed by atoms with Crippen molar-refractivity contribution in [2.75, 3.05) is 31.5 Å². The fourth-order valence-electron chi connectivity index (χ4n) is 5.27. The fraction of sp³-hybridized carbons (Fsp3) is 0.323. The first-order valence-corrected chi connectivity index (χ1v) is 17.3. The van der Waals surface area contributed by atoms with Crippen molar-refractivity contribution < 1.29 is 27.5 Å². The predicted octanol–water partition coefficient (Wildman–Crippen LogP) is 4.89. The number of amides is 4. The van der Waals surface area contributed by atoms with Crippen LogP contribution in [-0.2, 0) is 19.6 Å². The molecule has 1 aromatic heterocycles. The van der Waals surface area contributed by atoms with Gasteiger partial charge in [-0.1, -0.05) is 29.8 Å². The zero-order chi connectivity index (χ0) is 31.8. The Kier molecular flexibility index (Phi) is 10.8. The number of thiophene rings is 1. The first-order chi connectivity index (χ1) is 21.6. The number of nitrogens with zero attached hydrogens (tertiary/aromatic N) is 2. The van der Waals surface area contributed by atoms with Gasteiger partial charge in [0.25, 0.3) is 0 Å². The van der Waals surface area contributed by atoms with Crippen LogP contribution in [0.1, 0.15) is 30.6 Å². The van der Waals surface area contributed by atoms with Crippen molar-refractivity contribution >= 4 is 62.6 Å². The van der Waals surface area contributed by atoms with Crippen LogP contribution in [0.3, 0.4) is 0 Å². The number of urea groups is 1. The molecule has 4 amide bonds. The number of ether oxygens (including phenoxy) is 1. The molecule has 0 aliphatic carbocycles. The highest BCUT2D eigenvalue weighted by Gasteiger charge is 2.35. The standard InChI is InChI=1S/C31H34ClN5O6S2/c32-28-15-14-26(44-28)16-19-45(41,42)35-27-9-5-17-36(30(27)39)21-29(38)37-18-4-6-23(37)20-33-31(40)34-22-10-12-25(13-11-22)43-24-7-2-1-3-8-24/h1-3,7-8,10-16,19,23,27,35H,4-6,9,17-18,20-21H2,(H2,33,34,40)/b19-16+/t23-,27+/m1/s1. The summed E-state index contributed by atoms with van der Waals surface area (Å²) in [7, 11) is -3.89. The smallest absolute Gasteiger partial charge is 0.319 e. The summed E-state index contributed by atoms with van der Waals surface area (Å²) in [5.41, 5.74) is 0.590. The SMILES string of the molecule is O=C(NC[C@H]1CCCN1C(=O)CN1CCC[C@H](NS(=O)(=O)/C=C/c2ccc(Cl)s2)C1=O)Nc1ccc(Oc2ccccc2)cc1. The number of anilines is 1. The first kappa shape index (κ1) is 32.5. The minimum Gasteiger partial charge on any atom is -0.457 e. The summed E-state index contributed by atoms with van der Waals surface area (Å²) >= 11 is 7.14. The summed E-state index contributed by atoms with van der Waals surface area (Å²) in [5, 5.41) is 6.64. The van der Waals surface area contributed by atoms with E-state index in [1.807, 2.05) is 30.3 Å². The highest BCUT2D eigenvalue weighted by molar-refractivity contribution is 7.92. The van der Waals surface area contributed by atoms with Gasteiger partial charge in [0.05, 0.1) is 10.9 Å². The summed E-state index contributed by atoms with van der Waals surface area (Å²) in [4.78, 5) is 42.7. The molecular weight excluding hydrogens is 638 g/mol. The van der Waals surface area contributed by atoms with Crippen LogP contribution < -0.4 is 20.1 Å². The highest BCUT2D eigenvalue weighted by atomic mass is 35.5. The summed E-state index contributed by atoms with van der Waals surface area (Å²) in [5.74, 6) is 0.684. The van der Waals surface area contributed by atoms with E-state index in [0.717, 1.165) is 18.2 Å². The lowest BCUT2D eigenvalue weighted by Crippen LogP contribution is -2.55. The summed E-state index contributed by atoms with van der Waals surface area (Å²) in [6.45, 7) is 0.984. The molecule has 0 spiro atoms. The number of likely N-dealkylation sites (tertiary alicyclic amines) is 2. The van der Waals surface area contributed by atoms with Crippen LogP contribution in [0.2, 0.25) is 4.34 Å². The largest absolute Gasteiger partial charge is 0.457 e. The second-order valence-electron chi connectivity index (χ2n) is 10.7. The van der Waals surface area contributed by atoms with Gasteiger partial charge in [-0.25, -0.2) is 13.2 Å². The topological polar surface area (TPSA) is 137 Å². The van der Waals surface area contributed by atoms with E-state index in [1.165, 1.54) is 22.3 Å². The Hall–Kier alpha value is -3.91. The average Bonchev–Trinajstić information content (AvgIpc) is 3.67. The molecule has 238 valence electrons. The average molecular weight is 672 g/mol. The van der Waals surface area contributed by atoms with Crippen LogP contribution in [0, 0.1) is 0 Å². The van der Waals surface area contributed by atoms with Gasteiger partial charge in [-0.2, -0.15) is 4.72 Å². The highest BCUT2D eigenvalue weighted by Crippen LogP contribution is 2.24. The number of benzene rings is 2. The number of piperidine rings is 1. The number of carbonyl (C=O) groups excluding carboxylic acids is 3. The van der Waals surface area contributed by atoms with E-state index in [4.69, 9.17) is 16.3 Å². The zero-order valence-corrected chi connectivity index (χ0v) is 26.7. The molecule has 3 heterocycles. The van der Waals surface area contributed by atoms with Crippen molar-refractivity contribution in [1.29, 1.82) is 0 Å². The van der Waals surface area contributed by atoms with Crippen LogP contribution in [0.25, 0.3) is 6.08 Å². The molecule has 14 heteroatoms. The minimum absolute atomic E-state index is 0.152. The van der Waals surface area contributed by atoms with E-state index in [-0.39, 0.29) is 25.0 Å². The summed E-state index contributed by atoms with van der Waals surface area (Å²) < 4.78 is 34.0. The molecule has 0 unspecified atom stereocenters. The normalized spacial score (nSPS) is 18.7. The van der Waals surface area contributed by atoms with Crippen molar-refractivity contribution in [2.24, 2.45) is 0 Å². The third kappa shape index (κ3) is 9.30. The van der Waals surface area contributed by atoms with Gasteiger partial charge in [0, 0.05) is 41.6 Å². The lowest BCUT2D eigenvalue weighted by atomic mass is 10.1. The van der Waals surface area contributed by atoms with E-state index in [2.05, 4.69) is 15.4 Å². The molecule has 0 bridgehead atoms. The quantitative estimate of drug-likeness (QED) is 0.266. The zero-order valence-electron chi connectivity index (χ0n) is 24.4. The van der Waals surface area contributed by atoms with Crippen LogP contribution >= 0.6 is 22.9 Å². The fourth-order valence-corrected chi connectivity index (χ4v) is 7.34. The number of hydrogen-bond donors (Lipinski definition) is 3. The molecule has 2 aromatic carbocycles. The number of sulfonamides is 1. The maximum absolute atomic E-state index is 13.3. The molecule has 2 aliphatic heterocycles. The minimum atomic E-state index is -3.89. The maximum Gasteiger partial charge on any atom is 0.319 e. The van der Waals surface area contributed by atoms with E-state index < -0.39 is 28.0 Å². The van der Waals surface area contributed by atoms with Crippen LogP contribution in [-0.4, -0.2) is 74.3 Å². The number of carbonyl (C=O) groups is 3. The third-order valence-corrected chi connectivity index (χ3v) is 9.76. The first-order valence-electron chi connectivity index (χ1n) is 14.6. The van der Waals surface area contributed by atoms with Gasteiger partial charge in [0.2, 0.25) is 21.8 Å². The van der Waals surface area contributed by atoms with Gasteiger partial charge in [-0.3, -0.25) is 9.59 Å². The van der Waals surface area contributed by atoms with Crippen molar-refractivity contribution in [2.45, 2.75) is 37.8 Å². The van der Waals surface area contributed by atoms with Gasteiger partial charge in [-0.05, 0) is 80.3 Å². The number of rotatable bonds is 11. The van der Waals surface area contributed by atoms with Crippen molar-refractivity contribution in [3.05, 3.63) is 81.4 Å². The second kappa shape index (κ2) is 14.9. The maximum atomic E-state index is 13.3. The van der Waals surface area contributed by atoms with Gasteiger partial charge >= 0.3 is 6.03 Å². The van der Waals surface area contributed by atoms with Crippen LogP contribution in [0.15, 0.2) is 72.1 Å². The molecule has 2 aliphatic rings. The number of nitrogens with one attached hydrogen (secondary N) is 3. The Morgan fingerprint density at radius 2 is 1.71 bits per heavy atom. The Balaban J connectivity index is 1.08.